The molecule has 1 saturated heterocycles. The lowest BCUT2D eigenvalue weighted by Crippen LogP contribution is -2.40. The van der Waals surface area contributed by atoms with Crippen LogP contribution in [0.2, 0.25) is 0 Å². The predicted octanol–water partition coefficient (Wildman–Crippen LogP) is 3.61. The van der Waals surface area contributed by atoms with Gasteiger partial charge in [0.1, 0.15) is 12.4 Å². The van der Waals surface area contributed by atoms with Gasteiger partial charge in [0.2, 0.25) is 0 Å². The Balaban J connectivity index is 1.75. The van der Waals surface area contributed by atoms with Crippen LogP contribution in [0.5, 0.6) is 5.75 Å². The van der Waals surface area contributed by atoms with Crippen LogP contribution in [0.3, 0.4) is 0 Å². The number of para-hydroxylation sites is 2. The zero-order valence-corrected chi connectivity index (χ0v) is 14.4. The van der Waals surface area contributed by atoms with E-state index in [0.717, 1.165) is 19.6 Å². The molecule has 1 aliphatic heterocycles. The van der Waals surface area contributed by atoms with E-state index in [0.29, 0.717) is 36.5 Å². The summed E-state index contributed by atoms with van der Waals surface area (Å²) in [5, 5.41) is 2.75. The molecular weight excluding hydrogens is 292 g/mol. The fourth-order valence-corrected chi connectivity index (χ4v) is 3.24. The first-order valence-corrected chi connectivity index (χ1v) is 8.46. The predicted molar refractivity (Wildman–Crippen MR) is 92.0 cm³/mol. The highest BCUT2D eigenvalue weighted by Gasteiger charge is 2.21. The van der Waals surface area contributed by atoms with E-state index in [2.05, 4.69) is 24.1 Å². The van der Waals surface area contributed by atoms with Gasteiger partial charge in [0.15, 0.2) is 0 Å². The van der Waals surface area contributed by atoms with Crippen LogP contribution in [0.15, 0.2) is 24.3 Å². The van der Waals surface area contributed by atoms with Crippen LogP contribution >= 0.6 is 0 Å². The Hall–Kier alpha value is -1.75. The van der Waals surface area contributed by atoms with Crippen molar-refractivity contribution in [2.75, 3.05) is 38.2 Å². The van der Waals surface area contributed by atoms with E-state index < -0.39 is 6.09 Å². The van der Waals surface area contributed by atoms with Crippen LogP contribution < -0.4 is 10.1 Å². The van der Waals surface area contributed by atoms with Crippen molar-refractivity contribution in [2.45, 2.75) is 27.2 Å². The number of benzene rings is 1. The maximum atomic E-state index is 11.9. The summed E-state index contributed by atoms with van der Waals surface area (Å²) in [4.78, 5) is 14.3. The lowest BCUT2D eigenvalue weighted by atomic mass is 9.92. The number of hydrogen-bond donors (Lipinski definition) is 1. The molecule has 2 rings (SSSR count). The van der Waals surface area contributed by atoms with Crippen molar-refractivity contribution in [3.8, 4) is 5.75 Å². The standard InChI is InChI=1S/C18H28N2O3/c1-4-22-17-8-6-5-7-16(17)19-18(21)23-10-9-20-12-14(2)11-15(3)13-20/h5-8,14-15H,4,9-13H2,1-3H3,(H,19,21)/t14-,15-/m0/s1. The van der Waals surface area contributed by atoms with E-state index in [1.807, 2.05) is 25.1 Å². The molecule has 5 heteroatoms. The molecule has 1 aromatic carbocycles. The quantitative estimate of drug-likeness (QED) is 0.870. The maximum Gasteiger partial charge on any atom is 0.411 e. The molecule has 1 aliphatic rings. The summed E-state index contributed by atoms with van der Waals surface area (Å²) in [6, 6.07) is 7.37. The van der Waals surface area contributed by atoms with Crippen molar-refractivity contribution < 1.29 is 14.3 Å². The number of anilines is 1. The van der Waals surface area contributed by atoms with E-state index >= 15 is 0 Å². The van der Waals surface area contributed by atoms with Crippen LogP contribution in [0.25, 0.3) is 0 Å². The van der Waals surface area contributed by atoms with E-state index in [1.54, 1.807) is 6.07 Å². The average Bonchev–Trinajstić information content (AvgIpc) is 2.48. The monoisotopic (exact) mass is 320 g/mol. The second-order valence-corrected chi connectivity index (χ2v) is 6.40. The van der Waals surface area contributed by atoms with Gasteiger partial charge < -0.3 is 9.47 Å². The van der Waals surface area contributed by atoms with Crippen molar-refractivity contribution in [2.24, 2.45) is 11.8 Å². The van der Waals surface area contributed by atoms with Gasteiger partial charge in [-0.1, -0.05) is 26.0 Å². The molecule has 5 nitrogen and oxygen atoms in total. The highest BCUT2D eigenvalue weighted by Crippen LogP contribution is 2.24. The van der Waals surface area contributed by atoms with Crippen LogP contribution in [0.1, 0.15) is 27.2 Å². The van der Waals surface area contributed by atoms with Gasteiger partial charge in [-0.15, -0.1) is 0 Å². The molecule has 128 valence electrons. The number of nitrogens with zero attached hydrogens (tertiary/aromatic N) is 1. The zero-order chi connectivity index (χ0) is 16.7. The van der Waals surface area contributed by atoms with Crippen LogP contribution in [-0.2, 0) is 4.74 Å². The van der Waals surface area contributed by atoms with Gasteiger partial charge in [-0.25, -0.2) is 4.79 Å². The minimum Gasteiger partial charge on any atom is -0.492 e. The molecule has 2 atom stereocenters. The number of nitrogens with one attached hydrogen (secondary N) is 1. The molecule has 1 aromatic rings. The number of ether oxygens (including phenoxy) is 2. The molecule has 0 unspecified atom stereocenters. The van der Waals surface area contributed by atoms with Crippen LogP contribution in [0, 0.1) is 11.8 Å². The lowest BCUT2D eigenvalue weighted by Gasteiger charge is -2.34. The molecule has 0 saturated carbocycles. The Morgan fingerprint density at radius 1 is 1.26 bits per heavy atom. The third-order valence-electron chi connectivity index (χ3n) is 4.01. The molecule has 0 radical (unpaired) electrons. The van der Waals surface area contributed by atoms with Gasteiger partial charge in [0, 0.05) is 19.6 Å². The summed E-state index contributed by atoms with van der Waals surface area (Å²) in [5.74, 6) is 2.09. The van der Waals surface area contributed by atoms with Crippen molar-refractivity contribution >= 4 is 11.8 Å². The van der Waals surface area contributed by atoms with Crippen molar-refractivity contribution in [3.63, 3.8) is 0 Å². The molecule has 0 aromatic heterocycles. The molecule has 1 heterocycles. The van der Waals surface area contributed by atoms with Gasteiger partial charge in [-0.3, -0.25) is 10.2 Å². The molecule has 23 heavy (non-hydrogen) atoms. The third-order valence-corrected chi connectivity index (χ3v) is 4.01. The summed E-state index contributed by atoms with van der Waals surface area (Å²) in [5.41, 5.74) is 0.638. The maximum absolute atomic E-state index is 11.9. The smallest absolute Gasteiger partial charge is 0.411 e. The van der Waals surface area contributed by atoms with E-state index in [9.17, 15) is 4.79 Å². The molecule has 0 bridgehead atoms. The molecule has 0 aliphatic carbocycles. The lowest BCUT2D eigenvalue weighted by molar-refractivity contribution is 0.101. The van der Waals surface area contributed by atoms with Crippen molar-refractivity contribution in [1.82, 2.24) is 4.90 Å². The van der Waals surface area contributed by atoms with Crippen molar-refractivity contribution in [3.05, 3.63) is 24.3 Å². The molecule has 1 amide bonds. The largest absolute Gasteiger partial charge is 0.492 e. The summed E-state index contributed by atoms with van der Waals surface area (Å²) in [7, 11) is 0. The summed E-state index contributed by atoms with van der Waals surface area (Å²) < 4.78 is 10.8. The van der Waals surface area contributed by atoms with Gasteiger partial charge in [-0.2, -0.15) is 0 Å². The molecule has 0 spiro atoms. The fourth-order valence-electron chi connectivity index (χ4n) is 3.24. The number of carbonyl (C=O) groups excluding carboxylic acids is 1. The first-order chi connectivity index (χ1) is 11.1. The Bertz CT molecular complexity index is 497. The second-order valence-electron chi connectivity index (χ2n) is 6.40. The normalized spacial score (nSPS) is 21.7. The molecule has 1 fully saturated rings. The summed E-state index contributed by atoms with van der Waals surface area (Å²) in [6.45, 7) is 10.4. The SMILES string of the molecule is CCOc1ccccc1NC(=O)OCCN1C[C@@H](C)C[C@H](C)C1. The van der Waals surface area contributed by atoms with Crippen LogP contribution in [0.4, 0.5) is 10.5 Å². The highest BCUT2D eigenvalue weighted by molar-refractivity contribution is 5.86. The van der Waals surface area contributed by atoms with Crippen molar-refractivity contribution in [1.29, 1.82) is 0 Å². The number of likely N-dealkylation sites (tertiary alicyclic amines) is 1. The molecular formula is C18H28N2O3. The summed E-state index contributed by atoms with van der Waals surface area (Å²) in [6.07, 6.45) is 0.849. The van der Waals surface area contributed by atoms with Gasteiger partial charge in [0.05, 0.1) is 12.3 Å². The van der Waals surface area contributed by atoms with E-state index in [4.69, 9.17) is 9.47 Å². The number of amides is 1. The van der Waals surface area contributed by atoms with Crippen LogP contribution in [-0.4, -0.2) is 43.8 Å². The molecule has 1 N–H and O–H groups in total. The van der Waals surface area contributed by atoms with E-state index in [-0.39, 0.29) is 0 Å². The Kier molecular flexibility index (Phi) is 6.71. The first kappa shape index (κ1) is 17.6. The Labute approximate surface area is 139 Å². The second kappa shape index (κ2) is 8.77. The fraction of sp³-hybridized carbons (Fsp3) is 0.611. The highest BCUT2D eigenvalue weighted by atomic mass is 16.5. The van der Waals surface area contributed by atoms with E-state index in [1.165, 1.54) is 6.42 Å². The Morgan fingerprint density at radius 3 is 2.65 bits per heavy atom. The summed E-state index contributed by atoms with van der Waals surface area (Å²) >= 11 is 0. The first-order valence-electron chi connectivity index (χ1n) is 8.46. The van der Waals surface area contributed by atoms with Gasteiger partial charge in [0.25, 0.3) is 0 Å². The van der Waals surface area contributed by atoms with Gasteiger partial charge in [-0.05, 0) is 37.3 Å². The van der Waals surface area contributed by atoms with Gasteiger partial charge >= 0.3 is 6.09 Å². The third kappa shape index (κ3) is 5.75. The topological polar surface area (TPSA) is 50.8 Å². The average molecular weight is 320 g/mol. The number of piperidine rings is 1. The Morgan fingerprint density at radius 2 is 1.96 bits per heavy atom. The minimum absolute atomic E-state index is 0.405. The number of hydrogen-bond acceptors (Lipinski definition) is 4. The minimum atomic E-state index is -0.435. The number of rotatable bonds is 6. The number of carbonyl (C=O) groups is 1. The zero-order valence-electron chi connectivity index (χ0n) is 14.4.